The molecule has 226 valence electrons. The number of hydrogen-bond acceptors (Lipinski definition) is 6. The number of aryl methyl sites for hydroxylation is 2. The monoisotopic (exact) mass is 595 g/mol. The molecule has 3 rings (SSSR count). The van der Waals surface area contributed by atoms with E-state index in [2.05, 4.69) is 5.32 Å². The van der Waals surface area contributed by atoms with Gasteiger partial charge in [-0.3, -0.25) is 13.9 Å². The van der Waals surface area contributed by atoms with Crippen molar-refractivity contribution in [2.24, 2.45) is 0 Å². The zero-order valence-corrected chi connectivity index (χ0v) is 26.2. The summed E-state index contributed by atoms with van der Waals surface area (Å²) in [6.07, 6.45) is 0.725. The average Bonchev–Trinajstić information content (AvgIpc) is 2.98. The molecule has 0 saturated carbocycles. The molecular formula is C32H41N3O6S. The molecule has 0 aliphatic heterocycles. The third-order valence-electron chi connectivity index (χ3n) is 7.18. The Bertz CT molecular complexity index is 1470. The molecule has 2 unspecified atom stereocenters. The van der Waals surface area contributed by atoms with Gasteiger partial charge in [-0.15, -0.1) is 0 Å². The highest BCUT2D eigenvalue weighted by molar-refractivity contribution is 7.92. The molecule has 0 radical (unpaired) electrons. The molecule has 0 aromatic heterocycles. The zero-order valence-electron chi connectivity index (χ0n) is 25.4. The molecule has 0 spiro atoms. The number of carbonyl (C=O) groups excluding carboxylic acids is 2. The molecule has 0 fully saturated rings. The first kappa shape index (κ1) is 32.5. The molecule has 3 aromatic carbocycles. The lowest BCUT2D eigenvalue weighted by Gasteiger charge is -2.33. The van der Waals surface area contributed by atoms with Crippen molar-refractivity contribution in [3.8, 4) is 11.5 Å². The second-order valence-electron chi connectivity index (χ2n) is 10.4. The van der Waals surface area contributed by atoms with Crippen LogP contribution >= 0.6 is 0 Å². The Labute approximate surface area is 249 Å². The van der Waals surface area contributed by atoms with E-state index in [0.717, 1.165) is 27.4 Å². The van der Waals surface area contributed by atoms with Gasteiger partial charge < -0.3 is 19.7 Å². The fraction of sp³-hybridized carbons (Fsp3) is 0.375. The maximum absolute atomic E-state index is 14.2. The highest BCUT2D eigenvalue weighted by Gasteiger charge is 2.34. The van der Waals surface area contributed by atoms with Crippen LogP contribution in [-0.2, 0) is 26.2 Å². The van der Waals surface area contributed by atoms with Crippen LogP contribution in [0.25, 0.3) is 0 Å². The Hall–Kier alpha value is -4.05. The van der Waals surface area contributed by atoms with Crippen molar-refractivity contribution in [1.82, 2.24) is 10.2 Å². The van der Waals surface area contributed by atoms with Crippen molar-refractivity contribution < 1.29 is 27.5 Å². The lowest BCUT2D eigenvalue weighted by molar-refractivity contribution is -0.139. The van der Waals surface area contributed by atoms with Gasteiger partial charge >= 0.3 is 0 Å². The van der Waals surface area contributed by atoms with Crippen LogP contribution in [0.15, 0.2) is 71.6 Å². The maximum atomic E-state index is 14.2. The topological polar surface area (TPSA) is 105 Å². The molecule has 0 aliphatic rings. The fourth-order valence-electron chi connectivity index (χ4n) is 4.28. The molecule has 10 heteroatoms. The van der Waals surface area contributed by atoms with E-state index < -0.39 is 28.5 Å². The minimum Gasteiger partial charge on any atom is -0.497 e. The second kappa shape index (κ2) is 14.2. The number of methoxy groups -OCH3 is 2. The molecule has 0 aliphatic carbocycles. The highest BCUT2D eigenvalue weighted by atomic mass is 32.2. The first-order valence-electron chi connectivity index (χ1n) is 13.9. The van der Waals surface area contributed by atoms with Gasteiger partial charge in [0, 0.05) is 18.7 Å². The van der Waals surface area contributed by atoms with Gasteiger partial charge in [0.25, 0.3) is 10.0 Å². The zero-order chi connectivity index (χ0) is 31.0. The van der Waals surface area contributed by atoms with Crippen LogP contribution in [0, 0.1) is 13.8 Å². The lowest BCUT2D eigenvalue weighted by Crippen LogP contribution is -2.52. The Morgan fingerprint density at radius 3 is 2.02 bits per heavy atom. The largest absolute Gasteiger partial charge is 0.497 e. The van der Waals surface area contributed by atoms with Crippen molar-refractivity contribution >= 4 is 27.5 Å². The van der Waals surface area contributed by atoms with Crippen LogP contribution in [0.5, 0.6) is 11.5 Å². The van der Waals surface area contributed by atoms with Crippen LogP contribution in [-0.4, -0.2) is 58.0 Å². The molecule has 2 atom stereocenters. The van der Waals surface area contributed by atoms with E-state index in [0.29, 0.717) is 5.75 Å². The van der Waals surface area contributed by atoms with Gasteiger partial charge in [0.15, 0.2) is 0 Å². The predicted octanol–water partition coefficient (Wildman–Crippen LogP) is 4.85. The minimum atomic E-state index is -4.25. The molecule has 0 heterocycles. The fourth-order valence-corrected chi connectivity index (χ4v) is 5.70. The van der Waals surface area contributed by atoms with Crippen LogP contribution in [0.3, 0.4) is 0 Å². The quantitative estimate of drug-likeness (QED) is 0.303. The van der Waals surface area contributed by atoms with Crippen molar-refractivity contribution in [1.29, 1.82) is 0 Å². The van der Waals surface area contributed by atoms with Crippen LogP contribution < -0.4 is 19.1 Å². The molecule has 2 amide bonds. The summed E-state index contributed by atoms with van der Waals surface area (Å²) >= 11 is 0. The smallest absolute Gasteiger partial charge is 0.264 e. The van der Waals surface area contributed by atoms with Gasteiger partial charge in [-0.25, -0.2) is 8.42 Å². The Balaban J connectivity index is 2.11. The lowest BCUT2D eigenvalue weighted by atomic mass is 10.1. The molecule has 0 bridgehead atoms. The summed E-state index contributed by atoms with van der Waals surface area (Å²) < 4.78 is 40.2. The van der Waals surface area contributed by atoms with Gasteiger partial charge in [0.05, 0.1) is 24.8 Å². The molecule has 42 heavy (non-hydrogen) atoms. The number of sulfonamides is 1. The summed E-state index contributed by atoms with van der Waals surface area (Å²) in [6, 6.07) is 17.8. The number of nitrogens with one attached hydrogen (secondary N) is 1. The van der Waals surface area contributed by atoms with E-state index in [-0.39, 0.29) is 34.8 Å². The second-order valence-corrected chi connectivity index (χ2v) is 12.2. The first-order valence-corrected chi connectivity index (χ1v) is 15.3. The molecule has 1 N–H and O–H groups in total. The average molecular weight is 596 g/mol. The summed E-state index contributed by atoms with van der Waals surface area (Å²) in [5.74, 6) is -0.244. The van der Waals surface area contributed by atoms with Crippen molar-refractivity contribution in [3.05, 3.63) is 83.4 Å². The first-order chi connectivity index (χ1) is 19.9. The standard InChI is InChI=1S/C32H41N3O6S/c1-8-24(4)33-32(37)25(5)34(20-26-13-9-22(2)10-14-26)31(36)21-35(29-19-27(40-6)15-18-30(29)41-7)42(38,39)28-16-11-23(3)12-17-28/h9-19,24-25H,8,20-21H2,1-7H3,(H,33,37). The van der Waals surface area contributed by atoms with Gasteiger partial charge in [-0.2, -0.15) is 0 Å². The maximum Gasteiger partial charge on any atom is 0.264 e. The van der Waals surface area contributed by atoms with E-state index in [1.807, 2.05) is 52.0 Å². The molecule has 9 nitrogen and oxygen atoms in total. The third kappa shape index (κ3) is 7.82. The van der Waals surface area contributed by atoms with E-state index in [9.17, 15) is 18.0 Å². The Morgan fingerprint density at radius 1 is 0.881 bits per heavy atom. The number of rotatable bonds is 13. The molecular weight excluding hydrogens is 554 g/mol. The minimum absolute atomic E-state index is 0.0124. The SMILES string of the molecule is CCC(C)NC(=O)C(C)N(Cc1ccc(C)cc1)C(=O)CN(c1cc(OC)ccc1OC)S(=O)(=O)c1ccc(C)cc1. The van der Waals surface area contributed by atoms with Crippen molar-refractivity contribution in [3.63, 3.8) is 0 Å². The van der Waals surface area contributed by atoms with Crippen LogP contribution in [0.2, 0.25) is 0 Å². The third-order valence-corrected chi connectivity index (χ3v) is 8.96. The van der Waals surface area contributed by atoms with Gasteiger partial charge in [0.2, 0.25) is 11.8 Å². The number of benzene rings is 3. The van der Waals surface area contributed by atoms with Gasteiger partial charge in [-0.05, 0) is 63.9 Å². The van der Waals surface area contributed by atoms with Crippen LogP contribution in [0.1, 0.15) is 43.9 Å². The highest BCUT2D eigenvalue weighted by Crippen LogP contribution is 2.36. The predicted molar refractivity (Wildman–Crippen MR) is 164 cm³/mol. The van der Waals surface area contributed by atoms with E-state index in [4.69, 9.17) is 9.47 Å². The molecule has 0 saturated heterocycles. The summed E-state index contributed by atoms with van der Waals surface area (Å²) in [5.41, 5.74) is 2.89. The summed E-state index contributed by atoms with van der Waals surface area (Å²) in [5, 5.41) is 2.94. The number of carbonyl (C=O) groups is 2. The number of anilines is 1. The summed E-state index contributed by atoms with van der Waals surface area (Å²) in [7, 11) is -1.36. The Morgan fingerprint density at radius 2 is 1.48 bits per heavy atom. The summed E-state index contributed by atoms with van der Waals surface area (Å²) in [4.78, 5) is 28.8. The number of hydrogen-bond donors (Lipinski definition) is 1. The van der Waals surface area contributed by atoms with E-state index >= 15 is 0 Å². The van der Waals surface area contributed by atoms with E-state index in [1.54, 1.807) is 31.2 Å². The summed E-state index contributed by atoms with van der Waals surface area (Å²) in [6.45, 7) is 8.85. The van der Waals surface area contributed by atoms with Crippen molar-refractivity contribution in [2.45, 2.75) is 64.6 Å². The Kier molecular flexibility index (Phi) is 11.0. The van der Waals surface area contributed by atoms with Gasteiger partial charge in [-0.1, -0.05) is 54.4 Å². The number of ether oxygens (including phenoxy) is 2. The normalized spacial score (nSPS) is 12.6. The number of nitrogens with zero attached hydrogens (tertiary/aromatic N) is 2. The van der Waals surface area contributed by atoms with E-state index in [1.165, 1.54) is 37.3 Å². The van der Waals surface area contributed by atoms with Gasteiger partial charge in [0.1, 0.15) is 24.1 Å². The van der Waals surface area contributed by atoms with Crippen LogP contribution in [0.4, 0.5) is 5.69 Å². The van der Waals surface area contributed by atoms with Crippen molar-refractivity contribution in [2.75, 3.05) is 25.1 Å². The number of amides is 2. The molecule has 3 aromatic rings.